The fraction of sp³-hybridized carbons (Fsp3) is 0.474. The molecule has 0 amide bonds. The summed E-state index contributed by atoms with van der Waals surface area (Å²) in [6, 6.07) is 4.70. The fourth-order valence-corrected chi connectivity index (χ4v) is 4.26. The monoisotopic (exact) mass is 336 g/mol. The average molecular weight is 336 g/mol. The first-order valence-corrected chi connectivity index (χ1v) is 7.97. The number of allylic oxidation sites excluding steroid dienone is 2. The molecule has 3 rings (SSSR count). The number of alkyl halides is 3. The zero-order valence-corrected chi connectivity index (χ0v) is 13.8. The third-order valence-corrected chi connectivity index (χ3v) is 6.15. The second-order valence-electron chi connectivity index (χ2n) is 7.48. The summed E-state index contributed by atoms with van der Waals surface area (Å²) in [5.41, 5.74) is -1.80. The van der Waals surface area contributed by atoms with E-state index in [1.165, 1.54) is 12.1 Å². The Kier molecular flexibility index (Phi) is 3.56. The van der Waals surface area contributed by atoms with Crippen LogP contribution in [0.15, 0.2) is 35.9 Å². The van der Waals surface area contributed by atoms with E-state index < -0.39 is 28.5 Å². The molecular formula is C19H19F3O2. The number of hydrogen-bond acceptors (Lipinski definition) is 2. The molecule has 0 saturated heterocycles. The number of benzene rings is 1. The number of hydrogen-bond donors (Lipinski definition) is 0. The highest BCUT2D eigenvalue weighted by Gasteiger charge is 2.64. The Balaban J connectivity index is 2.03. The van der Waals surface area contributed by atoms with Crippen LogP contribution >= 0.6 is 0 Å². The topological polar surface area (TPSA) is 34.1 Å². The highest BCUT2D eigenvalue weighted by atomic mass is 19.4. The molecule has 24 heavy (non-hydrogen) atoms. The molecule has 0 aliphatic heterocycles. The molecule has 2 atom stereocenters. The van der Waals surface area contributed by atoms with Crippen molar-refractivity contribution in [2.75, 3.05) is 0 Å². The quantitative estimate of drug-likeness (QED) is 0.572. The zero-order valence-electron chi connectivity index (χ0n) is 13.8. The molecule has 2 fully saturated rings. The highest BCUT2D eigenvalue weighted by Crippen LogP contribution is 2.65. The lowest BCUT2D eigenvalue weighted by atomic mass is 9.70. The summed E-state index contributed by atoms with van der Waals surface area (Å²) in [5.74, 6) is -0.920. The van der Waals surface area contributed by atoms with Gasteiger partial charge in [0.1, 0.15) is 0 Å². The van der Waals surface area contributed by atoms with Crippen molar-refractivity contribution in [2.24, 2.45) is 16.7 Å². The van der Waals surface area contributed by atoms with Gasteiger partial charge in [-0.1, -0.05) is 39.0 Å². The fourth-order valence-electron chi connectivity index (χ4n) is 4.26. The van der Waals surface area contributed by atoms with Crippen molar-refractivity contribution >= 4 is 11.6 Å². The summed E-state index contributed by atoms with van der Waals surface area (Å²) in [6.45, 7) is 5.89. The lowest BCUT2D eigenvalue weighted by Gasteiger charge is -2.31. The molecule has 0 unspecified atom stereocenters. The van der Waals surface area contributed by atoms with Crippen molar-refractivity contribution in [2.45, 2.75) is 39.8 Å². The number of carbonyl (C=O) groups excluding carboxylic acids is 2. The predicted molar refractivity (Wildman–Crippen MR) is 83.5 cm³/mol. The van der Waals surface area contributed by atoms with Crippen LogP contribution in [0.4, 0.5) is 13.2 Å². The van der Waals surface area contributed by atoms with Gasteiger partial charge in [0.05, 0.1) is 5.56 Å². The van der Waals surface area contributed by atoms with Gasteiger partial charge in [-0.05, 0) is 36.3 Å². The molecule has 2 bridgehead atoms. The SMILES string of the molecule is CC1(C)[C@H]2CC[C@]1(C)C(=O)C2=CC(=O)c1ccccc1C(F)(F)F. The Labute approximate surface area is 138 Å². The van der Waals surface area contributed by atoms with E-state index in [1.54, 1.807) is 0 Å². The van der Waals surface area contributed by atoms with E-state index >= 15 is 0 Å². The maximum absolute atomic E-state index is 13.1. The average Bonchev–Trinajstić information content (AvgIpc) is 2.80. The molecule has 5 heteroatoms. The number of halogens is 3. The molecule has 0 radical (unpaired) electrons. The molecule has 2 aliphatic rings. The van der Waals surface area contributed by atoms with Crippen LogP contribution in [0.1, 0.15) is 49.5 Å². The lowest BCUT2D eigenvalue weighted by Crippen LogP contribution is -2.32. The molecule has 0 spiro atoms. The van der Waals surface area contributed by atoms with Gasteiger partial charge in [0, 0.05) is 16.6 Å². The second-order valence-corrected chi connectivity index (χ2v) is 7.48. The van der Waals surface area contributed by atoms with Crippen LogP contribution in [0.2, 0.25) is 0 Å². The minimum atomic E-state index is -4.60. The molecular weight excluding hydrogens is 317 g/mol. The Morgan fingerprint density at radius 1 is 1.21 bits per heavy atom. The van der Waals surface area contributed by atoms with E-state index in [9.17, 15) is 22.8 Å². The van der Waals surface area contributed by atoms with Crippen molar-refractivity contribution in [3.8, 4) is 0 Å². The summed E-state index contributed by atoms with van der Waals surface area (Å²) < 4.78 is 39.3. The van der Waals surface area contributed by atoms with Crippen LogP contribution in [0.3, 0.4) is 0 Å². The standard InChI is InChI=1S/C19H19F3O2/c1-17(2)13-8-9-18(17,3)16(24)12(13)10-15(23)11-6-4-5-7-14(11)19(20,21)22/h4-7,10,13H,8-9H2,1-3H3/t13-,18+/m0/s1. The lowest BCUT2D eigenvalue weighted by molar-refractivity contribution is -0.137. The Hall–Kier alpha value is -1.91. The van der Waals surface area contributed by atoms with Crippen molar-refractivity contribution < 1.29 is 22.8 Å². The van der Waals surface area contributed by atoms with Crippen molar-refractivity contribution in [3.05, 3.63) is 47.0 Å². The van der Waals surface area contributed by atoms with Crippen LogP contribution in [0, 0.1) is 16.7 Å². The van der Waals surface area contributed by atoms with Gasteiger partial charge < -0.3 is 0 Å². The summed E-state index contributed by atoms with van der Waals surface area (Å²) in [4.78, 5) is 25.2. The van der Waals surface area contributed by atoms with E-state index in [0.29, 0.717) is 5.57 Å². The zero-order chi connectivity index (χ0) is 17.9. The van der Waals surface area contributed by atoms with Gasteiger partial charge in [-0.25, -0.2) is 0 Å². The van der Waals surface area contributed by atoms with E-state index in [-0.39, 0.29) is 17.1 Å². The Morgan fingerprint density at radius 2 is 1.83 bits per heavy atom. The summed E-state index contributed by atoms with van der Waals surface area (Å²) >= 11 is 0. The number of ketones is 2. The van der Waals surface area contributed by atoms with Crippen molar-refractivity contribution in [1.82, 2.24) is 0 Å². The molecule has 2 nitrogen and oxygen atoms in total. The summed E-state index contributed by atoms with van der Waals surface area (Å²) in [6.07, 6.45) is -1.91. The van der Waals surface area contributed by atoms with Crippen LogP contribution < -0.4 is 0 Å². The maximum atomic E-state index is 13.1. The van der Waals surface area contributed by atoms with Gasteiger partial charge in [-0.2, -0.15) is 13.2 Å². The van der Waals surface area contributed by atoms with E-state index in [4.69, 9.17) is 0 Å². The molecule has 0 heterocycles. The van der Waals surface area contributed by atoms with E-state index in [0.717, 1.165) is 31.1 Å². The molecule has 128 valence electrons. The number of Topliss-reactive ketones (excluding diaryl/α,β-unsaturated/α-hetero) is 1. The van der Waals surface area contributed by atoms with E-state index in [2.05, 4.69) is 0 Å². The van der Waals surface area contributed by atoms with Crippen LogP contribution in [0.25, 0.3) is 0 Å². The highest BCUT2D eigenvalue weighted by molar-refractivity contribution is 6.13. The molecule has 1 aromatic rings. The van der Waals surface area contributed by atoms with E-state index in [1.807, 2.05) is 20.8 Å². The molecule has 0 aromatic heterocycles. The van der Waals surface area contributed by atoms with Crippen molar-refractivity contribution in [1.29, 1.82) is 0 Å². The third-order valence-electron chi connectivity index (χ3n) is 6.15. The largest absolute Gasteiger partial charge is 0.417 e. The summed E-state index contributed by atoms with van der Waals surface area (Å²) in [7, 11) is 0. The van der Waals surface area contributed by atoms with Gasteiger partial charge >= 0.3 is 6.18 Å². The maximum Gasteiger partial charge on any atom is 0.417 e. The molecule has 0 N–H and O–H groups in total. The normalized spacial score (nSPS) is 30.2. The first kappa shape index (κ1) is 16.9. The number of carbonyl (C=O) groups is 2. The number of fused-ring (bicyclic) bond motifs is 2. The van der Waals surface area contributed by atoms with Gasteiger partial charge in [0.2, 0.25) is 0 Å². The third kappa shape index (κ3) is 2.17. The molecule has 1 aromatic carbocycles. The van der Waals surface area contributed by atoms with Gasteiger partial charge in [0.15, 0.2) is 11.6 Å². The second kappa shape index (κ2) is 5.04. The molecule has 2 aliphatic carbocycles. The van der Waals surface area contributed by atoms with Crippen LogP contribution in [0.5, 0.6) is 0 Å². The van der Waals surface area contributed by atoms with Gasteiger partial charge in [-0.15, -0.1) is 0 Å². The minimum Gasteiger partial charge on any atom is -0.294 e. The number of rotatable bonds is 2. The smallest absolute Gasteiger partial charge is 0.294 e. The van der Waals surface area contributed by atoms with Gasteiger partial charge in [-0.3, -0.25) is 9.59 Å². The molecule has 2 saturated carbocycles. The predicted octanol–water partition coefficient (Wildman–Crippen LogP) is 4.84. The first-order chi connectivity index (χ1) is 11.0. The van der Waals surface area contributed by atoms with Gasteiger partial charge in [0.25, 0.3) is 0 Å². The Bertz CT molecular complexity index is 758. The van der Waals surface area contributed by atoms with Crippen LogP contribution in [-0.4, -0.2) is 11.6 Å². The first-order valence-electron chi connectivity index (χ1n) is 7.97. The van der Waals surface area contributed by atoms with Crippen LogP contribution in [-0.2, 0) is 11.0 Å². The van der Waals surface area contributed by atoms with Crippen molar-refractivity contribution in [3.63, 3.8) is 0 Å². The minimum absolute atomic E-state index is 0.0722. The summed E-state index contributed by atoms with van der Waals surface area (Å²) in [5, 5.41) is 0. The Morgan fingerprint density at radius 3 is 2.38 bits per heavy atom.